The van der Waals surface area contributed by atoms with E-state index in [1.807, 2.05) is 0 Å². The van der Waals surface area contributed by atoms with Gasteiger partial charge in [-0.1, -0.05) is 11.2 Å². The number of benzene rings is 2. The molecule has 0 aliphatic carbocycles. The van der Waals surface area contributed by atoms with Gasteiger partial charge in [0.25, 0.3) is 5.91 Å². The third-order valence-electron chi connectivity index (χ3n) is 3.56. The number of rotatable bonds is 3. The minimum absolute atomic E-state index is 0.167. The summed E-state index contributed by atoms with van der Waals surface area (Å²) in [5.74, 6) is -1.10. The molecule has 1 aromatic heterocycles. The van der Waals surface area contributed by atoms with Crippen molar-refractivity contribution < 1.29 is 35.6 Å². The van der Waals surface area contributed by atoms with Crippen LogP contribution in [0, 0.1) is 0 Å². The normalized spacial score (nSPS) is 12.1. The van der Waals surface area contributed by atoms with Crippen molar-refractivity contribution in [3.63, 3.8) is 0 Å². The van der Waals surface area contributed by atoms with E-state index >= 15 is 0 Å². The van der Waals surface area contributed by atoms with E-state index in [-0.39, 0.29) is 17.0 Å². The third kappa shape index (κ3) is 4.30. The van der Waals surface area contributed by atoms with Gasteiger partial charge in [0.1, 0.15) is 0 Å². The predicted molar refractivity (Wildman–Crippen MR) is 84.1 cm³/mol. The Kier molecular flexibility index (Phi) is 4.84. The van der Waals surface area contributed by atoms with Crippen LogP contribution in [0.15, 0.2) is 52.9 Å². The number of carbonyl (C=O) groups is 1. The number of nitrogens with one attached hydrogen (secondary N) is 1. The Hall–Kier alpha value is -3.37. The highest BCUT2D eigenvalue weighted by molar-refractivity contribution is 6.03. The summed E-state index contributed by atoms with van der Waals surface area (Å²) in [5, 5.41) is 9.23. The molecule has 3 aromatic rings. The zero-order valence-electron chi connectivity index (χ0n) is 13.6. The maximum Gasteiger partial charge on any atom is 0.416 e. The maximum absolute atomic E-state index is 12.7. The number of hydrogen-bond donors (Lipinski definition) is 1. The second-order valence-corrected chi connectivity index (χ2v) is 5.52. The van der Waals surface area contributed by atoms with E-state index in [0.717, 1.165) is 42.5 Å². The van der Waals surface area contributed by atoms with Gasteiger partial charge in [0.15, 0.2) is 0 Å². The molecule has 11 heteroatoms. The first-order chi connectivity index (χ1) is 13.0. The van der Waals surface area contributed by atoms with Crippen LogP contribution in [-0.4, -0.2) is 16.1 Å². The minimum Gasteiger partial charge on any atom is -0.403 e. The van der Waals surface area contributed by atoms with Crippen molar-refractivity contribution in [3.8, 4) is 11.5 Å². The van der Waals surface area contributed by atoms with Gasteiger partial charge in [-0.05, 0) is 42.5 Å². The standard InChI is InChI=1S/C17H9F6N3O2/c18-16(19,20)11-6-4-9(5-7-11)14-25-26-15(28-14)24-13(27)10-2-1-3-12(8-10)17(21,22)23/h1-8H,(H,24,26,27). The molecule has 0 saturated carbocycles. The van der Waals surface area contributed by atoms with Crippen LogP contribution < -0.4 is 5.32 Å². The van der Waals surface area contributed by atoms with Crippen LogP contribution >= 0.6 is 0 Å². The molecule has 146 valence electrons. The molecular formula is C17H9F6N3O2. The minimum atomic E-state index is -4.61. The number of nitrogens with zero attached hydrogens (tertiary/aromatic N) is 2. The van der Waals surface area contributed by atoms with Crippen molar-refractivity contribution in [2.45, 2.75) is 12.4 Å². The number of aromatic nitrogens is 2. The lowest BCUT2D eigenvalue weighted by Crippen LogP contribution is -2.14. The molecule has 0 fully saturated rings. The lowest BCUT2D eigenvalue weighted by Gasteiger charge is -2.08. The summed E-state index contributed by atoms with van der Waals surface area (Å²) in [6.07, 6.45) is -9.12. The molecule has 0 unspecified atom stereocenters. The molecule has 0 saturated heterocycles. The lowest BCUT2D eigenvalue weighted by molar-refractivity contribution is -0.138. The van der Waals surface area contributed by atoms with Gasteiger partial charge < -0.3 is 4.42 Å². The second kappa shape index (κ2) is 6.98. The molecule has 1 heterocycles. The summed E-state index contributed by atoms with van der Waals surface area (Å²) >= 11 is 0. The van der Waals surface area contributed by atoms with Gasteiger partial charge in [-0.3, -0.25) is 10.1 Å². The van der Waals surface area contributed by atoms with Crippen molar-refractivity contribution in [2.24, 2.45) is 0 Å². The van der Waals surface area contributed by atoms with Crippen LogP contribution in [0.2, 0.25) is 0 Å². The molecule has 0 spiro atoms. The fourth-order valence-corrected chi connectivity index (χ4v) is 2.20. The number of halogens is 6. The van der Waals surface area contributed by atoms with Gasteiger partial charge in [0.2, 0.25) is 5.89 Å². The molecule has 0 radical (unpaired) electrons. The van der Waals surface area contributed by atoms with Crippen LogP contribution in [0.25, 0.3) is 11.5 Å². The third-order valence-corrected chi connectivity index (χ3v) is 3.56. The average molecular weight is 401 g/mol. The summed E-state index contributed by atoms with van der Waals surface area (Å²) in [6, 6.07) is 7.13. The van der Waals surface area contributed by atoms with Gasteiger partial charge in [0.05, 0.1) is 11.1 Å². The van der Waals surface area contributed by atoms with E-state index in [0.29, 0.717) is 6.07 Å². The zero-order valence-corrected chi connectivity index (χ0v) is 13.6. The van der Waals surface area contributed by atoms with Gasteiger partial charge in [0, 0.05) is 11.1 Å². The fraction of sp³-hybridized carbons (Fsp3) is 0.118. The molecular weight excluding hydrogens is 392 g/mol. The van der Waals surface area contributed by atoms with Crippen LogP contribution in [0.5, 0.6) is 0 Å². The molecule has 1 amide bonds. The summed E-state index contributed by atoms with van der Waals surface area (Å²) in [6.45, 7) is 0. The van der Waals surface area contributed by atoms with Gasteiger partial charge >= 0.3 is 18.4 Å². The summed E-state index contributed by atoms with van der Waals surface area (Å²) in [5.41, 5.74) is -1.99. The van der Waals surface area contributed by atoms with Gasteiger partial charge in [-0.15, -0.1) is 5.10 Å². The molecule has 5 nitrogen and oxygen atoms in total. The maximum atomic E-state index is 12.7. The first kappa shape index (κ1) is 19.4. The van der Waals surface area contributed by atoms with Gasteiger partial charge in [-0.2, -0.15) is 26.3 Å². The van der Waals surface area contributed by atoms with Crippen molar-refractivity contribution in [2.75, 3.05) is 5.32 Å². The SMILES string of the molecule is O=C(Nc1nnc(-c2ccc(C(F)(F)F)cc2)o1)c1cccc(C(F)(F)F)c1. The molecule has 0 aliphatic heterocycles. The zero-order chi connectivity index (χ0) is 20.5. The van der Waals surface area contributed by atoms with E-state index < -0.39 is 35.4 Å². The predicted octanol–water partition coefficient (Wildman–Crippen LogP) is 5.03. The van der Waals surface area contributed by atoms with E-state index in [4.69, 9.17) is 4.42 Å². The largest absolute Gasteiger partial charge is 0.416 e. The molecule has 0 bridgehead atoms. The number of anilines is 1. The number of hydrogen-bond acceptors (Lipinski definition) is 4. The highest BCUT2D eigenvalue weighted by Gasteiger charge is 2.31. The second-order valence-electron chi connectivity index (χ2n) is 5.52. The quantitative estimate of drug-likeness (QED) is 0.626. The first-order valence-corrected chi connectivity index (χ1v) is 7.54. The van der Waals surface area contributed by atoms with E-state index in [2.05, 4.69) is 15.5 Å². The Bertz CT molecular complexity index is 993. The first-order valence-electron chi connectivity index (χ1n) is 7.54. The van der Waals surface area contributed by atoms with Crippen LogP contribution in [0.3, 0.4) is 0 Å². The smallest absolute Gasteiger partial charge is 0.403 e. The van der Waals surface area contributed by atoms with Crippen molar-refractivity contribution in [1.82, 2.24) is 10.2 Å². The summed E-state index contributed by atoms with van der Waals surface area (Å²) in [4.78, 5) is 12.1. The van der Waals surface area contributed by atoms with Crippen molar-refractivity contribution in [3.05, 3.63) is 65.2 Å². The molecule has 1 N–H and O–H groups in total. The molecule has 0 atom stereocenters. The Labute approximate surface area is 153 Å². The van der Waals surface area contributed by atoms with Crippen molar-refractivity contribution >= 4 is 11.9 Å². The van der Waals surface area contributed by atoms with E-state index in [1.165, 1.54) is 0 Å². The molecule has 3 rings (SSSR count). The number of amides is 1. The highest BCUT2D eigenvalue weighted by Crippen LogP contribution is 2.31. The Morgan fingerprint density at radius 2 is 1.50 bits per heavy atom. The Morgan fingerprint density at radius 1 is 0.857 bits per heavy atom. The fourth-order valence-electron chi connectivity index (χ4n) is 2.20. The van der Waals surface area contributed by atoms with Crippen LogP contribution in [0.4, 0.5) is 32.4 Å². The number of alkyl halides is 6. The average Bonchev–Trinajstić information content (AvgIpc) is 3.09. The van der Waals surface area contributed by atoms with E-state index in [1.54, 1.807) is 0 Å². The van der Waals surface area contributed by atoms with Gasteiger partial charge in [-0.25, -0.2) is 0 Å². The van der Waals surface area contributed by atoms with Crippen molar-refractivity contribution in [1.29, 1.82) is 0 Å². The van der Waals surface area contributed by atoms with Crippen LogP contribution in [0.1, 0.15) is 21.5 Å². The summed E-state index contributed by atoms with van der Waals surface area (Å²) in [7, 11) is 0. The highest BCUT2D eigenvalue weighted by atomic mass is 19.4. The Balaban J connectivity index is 1.75. The monoisotopic (exact) mass is 401 g/mol. The Morgan fingerprint density at radius 3 is 2.11 bits per heavy atom. The van der Waals surface area contributed by atoms with E-state index in [9.17, 15) is 31.1 Å². The number of carbonyl (C=O) groups excluding carboxylic acids is 1. The summed E-state index contributed by atoms with van der Waals surface area (Å²) < 4.78 is 80.9. The van der Waals surface area contributed by atoms with Crippen LogP contribution in [-0.2, 0) is 12.4 Å². The molecule has 28 heavy (non-hydrogen) atoms. The topological polar surface area (TPSA) is 68.0 Å². The molecule has 2 aromatic carbocycles. The molecule has 0 aliphatic rings. The lowest BCUT2D eigenvalue weighted by atomic mass is 10.1.